The van der Waals surface area contributed by atoms with Gasteiger partial charge in [-0.25, -0.2) is 0 Å². The minimum absolute atomic E-state index is 0.263. The molecule has 0 aliphatic rings. The summed E-state index contributed by atoms with van der Waals surface area (Å²) in [6.45, 7) is 8.54. The number of aliphatic hydroxyl groups is 1. The molecule has 2 atom stereocenters. The maximum absolute atomic E-state index is 11.4. The lowest BCUT2D eigenvalue weighted by atomic mass is 10.0. The predicted octanol–water partition coefficient (Wildman–Crippen LogP) is 3.32. The van der Waals surface area contributed by atoms with Crippen LogP contribution in [-0.4, -0.2) is 40.1 Å². The standard InChI is InChI=1S/C16H32O4SSi/c1-6-7-8-9-10-13-16(20-21(2,18)19)15(17)12-11-14-22(3,4)5/h15-17H,6-10,12-13H2,1-5H3/t15-,16-/m1/s1. The summed E-state index contributed by atoms with van der Waals surface area (Å²) < 4.78 is 27.8. The van der Waals surface area contributed by atoms with Crippen LogP contribution in [0.15, 0.2) is 0 Å². The van der Waals surface area contributed by atoms with E-state index < -0.39 is 30.4 Å². The van der Waals surface area contributed by atoms with Gasteiger partial charge in [-0.05, 0) is 6.42 Å². The molecule has 0 rings (SSSR count). The Morgan fingerprint density at radius 1 is 1.14 bits per heavy atom. The first-order valence-corrected chi connectivity index (χ1v) is 13.4. The predicted molar refractivity (Wildman–Crippen MR) is 94.8 cm³/mol. The summed E-state index contributed by atoms with van der Waals surface area (Å²) in [5.74, 6) is 2.99. The maximum atomic E-state index is 11.4. The van der Waals surface area contributed by atoms with E-state index in [1.165, 1.54) is 6.42 Å². The lowest BCUT2D eigenvalue weighted by Crippen LogP contribution is -2.31. The first-order chi connectivity index (χ1) is 10.0. The topological polar surface area (TPSA) is 63.6 Å². The SMILES string of the molecule is CCCCCCC[C@@H](OS(C)(=O)=O)[C@H](O)CC#C[Si](C)(C)C. The van der Waals surface area contributed by atoms with Gasteiger partial charge in [0.15, 0.2) is 0 Å². The minimum Gasteiger partial charge on any atom is -0.389 e. The maximum Gasteiger partial charge on any atom is 0.264 e. The van der Waals surface area contributed by atoms with Crippen molar-refractivity contribution < 1.29 is 17.7 Å². The van der Waals surface area contributed by atoms with E-state index in [-0.39, 0.29) is 6.42 Å². The average Bonchev–Trinajstić information content (AvgIpc) is 2.34. The molecule has 6 heteroatoms. The number of rotatable bonds is 10. The van der Waals surface area contributed by atoms with Gasteiger partial charge in [0.2, 0.25) is 0 Å². The van der Waals surface area contributed by atoms with Crippen LogP contribution in [0.3, 0.4) is 0 Å². The second kappa shape index (κ2) is 10.4. The van der Waals surface area contributed by atoms with Crippen molar-refractivity contribution in [3.8, 4) is 11.5 Å². The van der Waals surface area contributed by atoms with Gasteiger partial charge in [-0.3, -0.25) is 4.18 Å². The molecule has 0 amide bonds. The van der Waals surface area contributed by atoms with Crippen molar-refractivity contribution >= 4 is 18.2 Å². The Morgan fingerprint density at radius 2 is 1.73 bits per heavy atom. The Balaban J connectivity index is 4.52. The Labute approximate surface area is 137 Å². The summed E-state index contributed by atoms with van der Waals surface area (Å²) in [6.07, 6.45) is 5.66. The van der Waals surface area contributed by atoms with E-state index in [9.17, 15) is 13.5 Å². The molecule has 0 fully saturated rings. The lowest BCUT2D eigenvalue weighted by molar-refractivity contribution is 0.0378. The molecular formula is C16H32O4SSi. The van der Waals surface area contributed by atoms with Gasteiger partial charge in [-0.1, -0.05) is 58.7 Å². The number of unbranched alkanes of at least 4 members (excludes halogenated alkanes) is 4. The van der Waals surface area contributed by atoms with Crippen molar-refractivity contribution in [3.63, 3.8) is 0 Å². The first kappa shape index (κ1) is 21.6. The molecule has 0 saturated heterocycles. The summed E-state index contributed by atoms with van der Waals surface area (Å²) in [5.41, 5.74) is 3.18. The van der Waals surface area contributed by atoms with E-state index in [2.05, 4.69) is 38.0 Å². The average molecular weight is 349 g/mol. The third kappa shape index (κ3) is 13.3. The van der Waals surface area contributed by atoms with Crippen molar-refractivity contribution in [1.29, 1.82) is 0 Å². The molecule has 22 heavy (non-hydrogen) atoms. The molecule has 0 aromatic heterocycles. The fraction of sp³-hybridized carbons (Fsp3) is 0.875. The highest BCUT2D eigenvalue weighted by atomic mass is 32.2. The number of hydrogen-bond acceptors (Lipinski definition) is 4. The summed E-state index contributed by atoms with van der Waals surface area (Å²) in [7, 11) is -5.05. The third-order valence-corrected chi connectivity index (χ3v) is 4.62. The Kier molecular flexibility index (Phi) is 10.3. The van der Waals surface area contributed by atoms with Crippen molar-refractivity contribution in [2.45, 2.75) is 83.7 Å². The van der Waals surface area contributed by atoms with Crippen molar-refractivity contribution in [3.05, 3.63) is 0 Å². The van der Waals surface area contributed by atoms with Crippen LogP contribution in [0.4, 0.5) is 0 Å². The van der Waals surface area contributed by atoms with E-state index >= 15 is 0 Å². The molecule has 0 bridgehead atoms. The molecule has 0 spiro atoms. The zero-order valence-corrected chi connectivity index (χ0v) is 16.5. The molecule has 0 radical (unpaired) electrons. The third-order valence-electron chi connectivity index (χ3n) is 3.09. The van der Waals surface area contributed by atoms with E-state index in [1.54, 1.807) is 0 Å². The molecule has 4 nitrogen and oxygen atoms in total. The second-order valence-corrected chi connectivity index (χ2v) is 13.2. The minimum atomic E-state index is -3.57. The van der Waals surface area contributed by atoms with Gasteiger partial charge in [0.1, 0.15) is 14.2 Å². The van der Waals surface area contributed by atoms with Crippen LogP contribution in [-0.2, 0) is 14.3 Å². The fourth-order valence-corrected chi connectivity index (χ4v) is 3.34. The highest BCUT2D eigenvalue weighted by Crippen LogP contribution is 2.16. The zero-order valence-electron chi connectivity index (χ0n) is 14.7. The van der Waals surface area contributed by atoms with Crippen molar-refractivity contribution in [2.75, 3.05) is 6.26 Å². The van der Waals surface area contributed by atoms with Gasteiger partial charge >= 0.3 is 0 Å². The molecule has 0 aliphatic heterocycles. The van der Waals surface area contributed by atoms with Gasteiger partial charge in [0, 0.05) is 6.42 Å². The Hall–Kier alpha value is -0.353. The smallest absolute Gasteiger partial charge is 0.264 e. The summed E-state index contributed by atoms with van der Waals surface area (Å²) in [4.78, 5) is 0. The molecule has 0 saturated carbocycles. The summed E-state index contributed by atoms with van der Waals surface area (Å²) in [5, 5.41) is 10.2. The van der Waals surface area contributed by atoms with Gasteiger partial charge < -0.3 is 5.11 Å². The lowest BCUT2D eigenvalue weighted by Gasteiger charge is -2.20. The molecule has 0 aromatic carbocycles. The largest absolute Gasteiger partial charge is 0.389 e. The molecule has 130 valence electrons. The van der Waals surface area contributed by atoms with Gasteiger partial charge in [-0.15, -0.1) is 11.5 Å². The molecule has 0 unspecified atom stereocenters. The van der Waals surface area contributed by atoms with Crippen molar-refractivity contribution in [2.24, 2.45) is 0 Å². The molecular weight excluding hydrogens is 316 g/mol. The van der Waals surface area contributed by atoms with Gasteiger partial charge in [0.05, 0.1) is 12.4 Å². The highest BCUT2D eigenvalue weighted by Gasteiger charge is 2.23. The zero-order chi connectivity index (χ0) is 17.2. The van der Waals surface area contributed by atoms with E-state index in [0.29, 0.717) is 6.42 Å². The quantitative estimate of drug-likeness (QED) is 0.285. The second-order valence-electron chi connectivity index (χ2n) is 6.86. The van der Waals surface area contributed by atoms with E-state index in [4.69, 9.17) is 4.18 Å². The van der Waals surface area contributed by atoms with Crippen LogP contribution in [0.25, 0.3) is 0 Å². The van der Waals surface area contributed by atoms with Crippen LogP contribution >= 0.6 is 0 Å². The van der Waals surface area contributed by atoms with E-state index in [1.807, 2.05) is 0 Å². The molecule has 0 aromatic rings. The normalized spacial score (nSPS) is 15.0. The highest BCUT2D eigenvalue weighted by molar-refractivity contribution is 7.86. The fourth-order valence-electron chi connectivity index (χ4n) is 2.03. The van der Waals surface area contributed by atoms with Crippen molar-refractivity contribution in [1.82, 2.24) is 0 Å². The van der Waals surface area contributed by atoms with Crippen LogP contribution in [0, 0.1) is 11.5 Å². The number of hydrogen-bond donors (Lipinski definition) is 1. The number of aliphatic hydroxyl groups excluding tert-OH is 1. The summed E-state index contributed by atoms with van der Waals surface area (Å²) in [6, 6.07) is 0. The molecule has 1 N–H and O–H groups in total. The Bertz CT molecular complexity index is 457. The van der Waals surface area contributed by atoms with Crippen LogP contribution in [0.2, 0.25) is 19.6 Å². The first-order valence-electron chi connectivity index (χ1n) is 8.11. The van der Waals surface area contributed by atoms with Gasteiger partial charge in [-0.2, -0.15) is 8.42 Å². The van der Waals surface area contributed by atoms with Crippen LogP contribution in [0.5, 0.6) is 0 Å². The van der Waals surface area contributed by atoms with Crippen LogP contribution < -0.4 is 0 Å². The Morgan fingerprint density at radius 3 is 2.23 bits per heavy atom. The molecule has 0 aliphatic carbocycles. The monoisotopic (exact) mass is 348 g/mol. The van der Waals surface area contributed by atoms with Crippen LogP contribution in [0.1, 0.15) is 51.9 Å². The van der Waals surface area contributed by atoms with Gasteiger partial charge in [0.25, 0.3) is 10.1 Å². The molecule has 0 heterocycles. The summed E-state index contributed by atoms with van der Waals surface area (Å²) >= 11 is 0. The van der Waals surface area contributed by atoms with E-state index in [0.717, 1.165) is 31.9 Å².